The van der Waals surface area contributed by atoms with Gasteiger partial charge in [0, 0.05) is 30.2 Å². The van der Waals surface area contributed by atoms with Crippen LogP contribution in [0.1, 0.15) is 33.1 Å². The van der Waals surface area contributed by atoms with Gasteiger partial charge >= 0.3 is 0 Å². The number of hydrogen-bond donors (Lipinski definition) is 2. The van der Waals surface area contributed by atoms with Crippen LogP contribution in [0.15, 0.2) is 28.0 Å². The van der Waals surface area contributed by atoms with Crippen LogP contribution in [0.4, 0.5) is 5.69 Å². The van der Waals surface area contributed by atoms with Crippen molar-refractivity contribution in [2.75, 3.05) is 37.2 Å². The molecule has 25 heavy (non-hydrogen) atoms. The molecule has 0 aliphatic carbocycles. The van der Waals surface area contributed by atoms with Gasteiger partial charge < -0.3 is 10.2 Å². The van der Waals surface area contributed by atoms with Crippen LogP contribution >= 0.6 is 11.8 Å². The van der Waals surface area contributed by atoms with Crippen molar-refractivity contribution in [3.05, 3.63) is 18.2 Å². The molecule has 0 saturated carbocycles. The topological polar surface area (TPSA) is 78.5 Å². The molecule has 1 heterocycles. The van der Waals surface area contributed by atoms with E-state index in [0.29, 0.717) is 31.0 Å². The second-order valence-corrected chi connectivity index (χ2v) is 8.95. The van der Waals surface area contributed by atoms with E-state index in [2.05, 4.69) is 28.8 Å². The average Bonchev–Trinajstić information content (AvgIpc) is 2.74. The van der Waals surface area contributed by atoms with E-state index in [-0.39, 0.29) is 10.8 Å². The number of carbonyl (C=O) groups is 1. The normalized spacial score (nSPS) is 14.9. The van der Waals surface area contributed by atoms with Crippen molar-refractivity contribution in [1.29, 1.82) is 0 Å². The van der Waals surface area contributed by atoms with Gasteiger partial charge in [0.05, 0.1) is 10.6 Å². The maximum atomic E-state index is 12.5. The summed E-state index contributed by atoms with van der Waals surface area (Å²) in [4.78, 5) is 15.0. The zero-order valence-electron chi connectivity index (χ0n) is 14.9. The fourth-order valence-electron chi connectivity index (χ4n) is 2.76. The highest BCUT2D eigenvalue weighted by molar-refractivity contribution is 7.99. The third-order valence-corrected chi connectivity index (χ3v) is 6.46. The minimum atomic E-state index is -3.59. The molecule has 0 unspecified atom stereocenters. The molecule has 6 nitrogen and oxygen atoms in total. The lowest BCUT2D eigenvalue weighted by molar-refractivity contribution is -0.115. The van der Waals surface area contributed by atoms with Gasteiger partial charge in [-0.05, 0) is 44.1 Å². The van der Waals surface area contributed by atoms with Gasteiger partial charge in [-0.3, -0.25) is 4.79 Å². The zero-order chi connectivity index (χ0) is 18.3. The highest BCUT2D eigenvalue weighted by Crippen LogP contribution is 2.32. The van der Waals surface area contributed by atoms with Gasteiger partial charge in [0.15, 0.2) is 0 Å². The van der Waals surface area contributed by atoms with Crippen molar-refractivity contribution in [1.82, 2.24) is 9.62 Å². The quantitative estimate of drug-likeness (QED) is 0.683. The molecular weight excluding hydrogens is 358 g/mol. The number of carbonyl (C=O) groups excluding carboxylic acids is 1. The molecule has 140 valence electrons. The van der Waals surface area contributed by atoms with Gasteiger partial charge in [0.1, 0.15) is 0 Å². The third kappa shape index (κ3) is 5.99. The number of sulfonamides is 1. The Labute approximate surface area is 154 Å². The summed E-state index contributed by atoms with van der Waals surface area (Å²) in [7, 11) is -3.59. The SMILES string of the molecule is CCCN(CCC)CCNS(=O)(=O)c1ccc2c(c1)NC(=O)CCS2. The van der Waals surface area contributed by atoms with E-state index in [9.17, 15) is 13.2 Å². The first-order chi connectivity index (χ1) is 12.0. The van der Waals surface area contributed by atoms with E-state index < -0.39 is 10.0 Å². The predicted octanol–water partition coefficient (Wildman–Crippen LogP) is 2.52. The number of amides is 1. The second-order valence-electron chi connectivity index (χ2n) is 6.04. The second kappa shape index (κ2) is 9.56. The van der Waals surface area contributed by atoms with Crippen LogP contribution in [-0.4, -0.2) is 51.2 Å². The zero-order valence-corrected chi connectivity index (χ0v) is 16.5. The Bertz CT molecular complexity index is 686. The lowest BCUT2D eigenvalue weighted by atomic mass is 10.3. The number of nitrogens with zero attached hydrogens (tertiary/aromatic N) is 1. The summed E-state index contributed by atoms with van der Waals surface area (Å²) in [5, 5.41) is 2.78. The molecule has 1 aromatic carbocycles. The highest BCUT2D eigenvalue weighted by atomic mass is 32.2. The van der Waals surface area contributed by atoms with Crippen molar-refractivity contribution < 1.29 is 13.2 Å². The highest BCUT2D eigenvalue weighted by Gasteiger charge is 2.19. The lowest BCUT2D eigenvalue weighted by Crippen LogP contribution is -2.35. The van der Waals surface area contributed by atoms with E-state index in [1.54, 1.807) is 30.0 Å². The Balaban J connectivity index is 2.03. The van der Waals surface area contributed by atoms with Crippen molar-refractivity contribution in [3.8, 4) is 0 Å². The summed E-state index contributed by atoms with van der Waals surface area (Å²) in [5.41, 5.74) is 0.578. The van der Waals surface area contributed by atoms with E-state index in [1.165, 1.54) is 0 Å². The smallest absolute Gasteiger partial charge is 0.240 e. The minimum absolute atomic E-state index is 0.0801. The number of fused-ring (bicyclic) bond motifs is 1. The molecule has 1 aliphatic heterocycles. The molecule has 0 radical (unpaired) electrons. The number of nitrogens with one attached hydrogen (secondary N) is 2. The molecule has 0 spiro atoms. The Morgan fingerprint density at radius 1 is 1.20 bits per heavy atom. The summed E-state index contributed by atoms with van der Waals surface area (Å²) in [6.45, 7) is 7.25. The molecule has 0 bridgehead atoms. The average molecular weight is 386 g/mol. The van der Waals surface area contributed by atoms with E-state index >= 15 is 0 Å². The lowest BCUT2D eigenvalue weighted by Gasteiger charge is -2.21. The van der Waals surface area contributed by atoms with E-state index in [0.717, 1.165) is 30.8 Å². The van der Waals surface area contributed by atoms with Crippen molar-refractivity contribution >= 4 is 33.4 Å². The number of hydrogen-bond acceptors (Lipinski definition) is 5. The summed E-state index contributed by atoms with van der Waals surface area (Å²) < 4.78 is 27.7. The maximum absolute atomic E-state index is 12.5. The van der Waals surface area contributed by atoms with Crippen molar-refractivity contribution in [2.45, 2.75) is 42.9 Å². The molecule has 0 atom stereocenters. The summed E-state index contributed by atoms with van der Waals surface area (Å²) in [5.74, 6) is 0.622. The number of anilines is 1. The van der Waals surface area contributed by atoms with Crippen molar-refractivity contribution in [2.24, 2.45) is 0 Å². The van der Waals surface area contributed by atoms with Gasteiger partial charge in [0.2, 0.25) is 15.9 Å². The van der Waals surface area contributed by atoms with Crippen molar-refractivity contribution in [3.63, 3.8) is 0 Å². The van der Waals surface area contributed by atoms with E-state index in [1.807, 2.05) is 0 Å². The van der Waals surface area contributed by atoms with Crippen LogP contribution in [0.2, 0.25) is 0 Å². The molecule has 2 N–H and O–H groups in total. The molecule has 2 rings (SSSR count). The summed E-state index contributed by atoms with van der Waals surface area (Å²) in [6.07, 6.45) is 2.54. The molecule has 1 aliphatic rings. The molecule has 1 amide bonds. The van der Waals surface area contributed by atoms with Gasteiger partial charge in [-0.1, -0.05) is 13.8 Å². The molecule has 0 saturated heterocycles. The Morgan fingerprint density at radius 2 is 1.92 bits per heavy atom. The monoisotopic (exact) mass is 385 g/mol. The fourth-order valence-corrected chi connectivity index (χ4v) is 4.74. The minimum Gasteiger partial charge on any atom is -0.325 e. The van der Waals surface area contributed by atoms with Gasteiger partial charge in [0.25, 0.3) is 0 Å². The molecule has 8 heteroatoms. The first-order valence-electron chi connectivity index (χ1n) is 8.75. The van der Waals surface area contributed by atoms with Crippen LogP contribution < -0.4 is 10.0 Å². The molecule has 0 fully saturated rings. The Morgan fingerprint density at radius 3 is 2.60 bits per heavy atom. The molecule has 0 aromatic heterocycles. The molecule has 1 aromatic rings. The largest absolute Gasteiger partial charge is 0.325 e. The van der Waals surface area contributed by atoms with Crippen LogP contribution in [0.3, 0.4) is 0 Å². The summed E-state index contributed by atoms with van der Waals surface area (Å²) >= 11 is 1.56. The van der Waals surface area contributed by atoms with E-state index in [4.69, 9.17) is 0 Å². The third-order valence-electron chi connectivity index (χ3n) is 3.92. The first-order valence-corrected chi connectivity index (χ1v) is 11.2. The van der Waals surface area contributed by atoms with Crippen LogP contribution in [-0.2, 0) is 14.8 Å². The van der Waals surface area contributed by atoms with Gasteiger partial charge in [-0.25, -0.2) is 13.1 Å². The predicted molar refractivity (Wildman–Crippen MR) is 103 cm³/mol. The van der Waals surface area contributed by atoms with Gasteiger partial charge in [-0.2, -0.15) is 0 Å². The Hall–Kier alpha value is -1.09. The standard InChI is InChI=1S/C17H27N3O3S2/c1-3-9-20(10-4-2)11-8-18-25(22,23)14-5-6-16-15(13-14)19-17(21)7-12-24-16/h5-6,13,18H,3-4,7-12H2,1-2H3,(H,19,21). The number of benzene rings is 1. The Kier molecular flexibility index (Phi) is 7.74. The van der Waals surface area contributed by atoms with Crippen LogP contribution in [0.5, 0.6) is 0 Å². The molecular formula is C17H27N3O3S2. The number of thioether (sulfide) groups is 1. The first kappa shape index (κ1) is 20.2. The maximum Gasteiger partial charge on any atom is 0.240 e. The fraction of sp³-hybridized carbons (Fsp3) is 0.588. The van der Waals surface area contributed by atoms with Crippen LogP contribution in [0.25, 0.3) is 0 Å². The summed E-state index contributed by atoms with van der Waals surface area (Å²) in [6, 6.07) is 4.91. The van der Waals surface area contributed by atoms with Gasteiger partial charge in [-0.15, -0.1) is 11.8 Å². The number of rotatable bonds is 9. The van der Waals surface area contributed by atoms with Crippen LogP contribution in [0, 0.1) is 0 Å².